The Bertz CT molecular complexity index is 1890. The molecule has 0 aliphatic heterocycles. The summed E-state index contributed by atoms with van der Waals surface area (Å²) in [6, 6.07) is 37.8. The SMILES string of the molecule is CC(C)(C)c1[c-]c2c(cc1)-c1ccc(C(C)(C)C)cc1C2.CC(C)(C)c1ccc([C](=[Zr+2])c2ccc(C(C)(C)C)cc2)cc1.Cc1cc(C(C)C)c(C)[cH-]1.[Cl-].[Cl-]. The van der Waals surface area contributed by atoms with Gasteiger partial charge in [0.25, 0.3) is 0 Å². The van der Waals surface area contributed by atoms with Crippen molar-refractivity contribution < 1.29 is 49.0 Å². The third-order valence-electron chi connectivity index (χ3n) is 10.4. The minimum atomic E-state index is 0. The Morgan fingerprint density at radius 2 is 1.02 bits per heavy atom. The Morgan fingerprint density at radius 3 is 1.38 bits per heavy atom. The minimum Gasteiger partial charge on any atom is -1.00 e. The fourth-order valence-corrected chi connectivity index (χ4v) is 7.74. The molecule has 0 aromatic heterocycles. The van der Waals surface area contributed by atoms with Crippen LogP contribution in [-0.2, 0) is 52.3 Å². The van der Waals surface area contributed by atoms with Crippen molar-refractivity contribution in [1.82, 2.24) is 0 Å². The standard InChI is InChI=1S/C21H25.C21H26.C10H15.2ClH.Zr/c1-20(2,3)16-7-9-18-14(12-16)11-15-13-17(21(4,5)6)8-10-19(15)18;1-20(2,3)18-11-7-16(8-12-18)15-17-9-13-19(14-10-17)21(4,5)6;1-7(2)10-6-8(3)5-9(10)4;;;/h7-10,12H,11H2,1-6H3;7-14H,1-6H3;5-7H,1-4H3;2*1H;/q-1;;-1;;;+2/p-2. The summed E-state index contributed by atoms with van der Waals surface area (Å²) in [5.74, 6) is 0.675. The molecule has 0 atom stereocenters. The van der Waals surface area contributed by atoms with E-state index >= 15 is 0 Å². The van der Waals surface area contributed by atoms with E-state index in [1.807, 2.05) is 0 Å². The van der Waals surface area contributed by atoms with E-state index < -0.39 is 0 Å². The van der Waals surface area contributed by atoms with E-state index in [0.717, 1.165) is 6.42 Å². The number of halogens is 2. The molecule has 0 nitrogen and oxygen atoms in total. The Labute approximate surface area is 363 Å². The van der Waals surface area contributed by atoms with Crippen molar-refractivity contribution in [3.8, 4) is 11.1 Å². The van der Waals surface area contributed by atoms with Crippen LogP contribution in [0.1, 0.15) is 164 Å². The zero-order chi connectivity index (χ0) is 39.7. The third-order valence-corrected chi connectivity index (χ3v) is 11.9. The van der Waals surface area contributed by atoms with Gasteiger partial charge in [-0.15, -0.1) is 11.1 Å². The van der Waals surface area contributed by atoms with Gasteiger partial charge in [0.2, 0.25) is 0 Å². The largest absolute Gasteiger partial charge is 1.00 e. The van der Waals surface area contributed by atoms with Gasteiger partial charge in [0.1, 0.15) is 0 Å². The smallest absolute Gasteiger partial charge is 0.0632 e. The van der Waals surface area contributed by atoms with Crippen LogP contribution >= 0.6 is 0 Å². The van der Waals surface area contributed by atoms with E-state index in [4.69, 9.17) is 0 Å². The van der Waals surface area contributed by atoms with Gasteiger partial charge in [0.15, 0.2) is 0 Å². The maximum absolute atomic E-state index is 3.67. The van der Waals surface area contributed by atoms with Crippen molar-refractivity contribution in [2.45, 2.75) is 145 Å². The Kier molecular flexibility index (Phi) is 16.7. The van der Waals surface area contributed by atoms with Crippen molar-refractivity contribution >= 4 is 3.21 Å². The van der Waals surface area contributed by atoms with Crippen molar-refractivity contribution in [3.63, 3.8) is 0 Å². The van der Waals surface area contributed by atoms with Crippen molar-refractivity contribution in [1.29, 1.82) is 0 Å². The second-order valence-electron chi connectivity index (χ2n) is 19.7. The fraction of sp³-hybridized carbons (Fsp3) is 0.423. The third kappa shape index (κ3) is 12.8. The van der Waals surface area contributed by atoms with Crippen LogP contribution in [-0.4, -0.2) is 3.21 Å². The molecule has 0 heterocycles. The first kappa shape index (κ1) is 48.7. The molecule has 55 heavy (non-hydrogen) atoms. The zero-order valence-electron chi connectivity index (χ0n) is 36.7. The Balaban J connectivity index is 0.000000298. The second-order valence-corrected chi connectivity index (χ2v) is 20.9. The van der Waals surface area contributed by atoms with Crippen LogP contribution in [0.2, 0.25) is 0 Å². The monoisotopic (exact) mass is 850 g/mol. The second kappa shape index (κ2) is 18.9. The molecule has 5 aromatic carbocycles. The number of fused-ring (bicyclic) bond motifs is 3. The zero-order valence-corrected chi connectivity index (χ0v) is 40.7. The van der Waals surface area contributed by atoms with E-state index in [0.29, 0.717) is 5.92 Å². The normalized spacial score (nSPS) is 12.3. The minimum absolute atomic E-state index is 0. The number of aryl methyl sites for hydroxylation is 2. The summed E-state index contributed by atoms with van der Waals surface area (Å²) < 4.78 is 1.42. The maximum Gasteiger partial charge on any atom is -0.0632 e. The van der Waals surface area contributed by atoms with Crippen LogP contribution in [0.5, 0.6) is 0 Å². The molecule has 0 bridgehead atoms. The van der Waals surface area contributed by atoms with Gasteiger partial charge in [-0.25, -0.2) is 6.07 Å². The van der Waals surface area contributed by atoms with E-state index in [1.54, 1.807) is 0 Å². The van der Waals surface area contributed by atoms with Gasteiger partial charge in [-0.1, -0.05) is 98.9 Å². The van der Waals surface area contributed by atoms with Gasteiger partial charge in [0.05, 0.1) is 0 Å². The Morgan fingerprint density at radius 1 is 0.582 bits per heavy atom. The van der Waals surface area contributed by atoms with E-state index in [2.05, 4.69) is 208 Å². The molecular weight excluding hydrogens is 787 g/mol. The number of hydrogen-bond donors (Lipinski definition) is 0. The van der Waals surface area contributed by atoms with Crippen molar-refractivity contribution in [2.75, 3.05) is 0 Å². The summed E-state index contributed by atoms with van der Waals surface area (Å²) in [7, 11) is 0. The Hall–Kier alpha value is -2.44. The predicted octanol–water partition coefficient (Wildman–Crippen LogP) is 8.20. The summed E-state index contributed by atoms with van der Waals surface area (Å²) in [6.07, 6.45) is 1.03. The topological polar surface area (TPSA) is 0 Å². The molecule has 0 fully saturated rings. The quantitative estimate of drug-likeness (QED) is 0.158. The van der Waals surface area contributed by atoms with Crippen LogP contribution in [0.4, 0.5) is 0 Å². The van der Waals surface area contributed by atoms with Gasteiger partial charge < -0.3 is 24.8 Å². The molecule has 0 radical (unpaired) electrons. The van der Waals surface area contributed by atoms with Crippen LogP contribution in [0.3, 0.4) is 0 Å². The summed E-state index contributed by atoms with van der Waals surface area (Å²) in [5, 5.41) is 0. The van der Waals surface area contributed by atoms with Gasteiger partial charge in [-0.2, -0.15) is 46.5 Å². The van der Waals surface area contributed by atoms with Gasteiger partial charge in [0, 0.05) is 0 Å². The number of hydrogen-bond acceptors (Lipinski definition) is 0. The molecule has 1 aliphatic rings. The molecule has 1 aliphatic carbocycles. The van der Waals surface area contributed by atoms with E-state index in [1.165, 1.54) is 99.8 Å². The van der Waals surface area contributed by atoms with Gasteiger partial charge in [-0.05, 0) is 28.4 Å². The first-order valence-electron chi connectivity index (χ1n) is 19.6. The summed E-state index contributed by atoms with van der Waals surface area (Å²) in [6.45, 7) is 36.0. The molecule has 294 valence electrons. The van der Waals surface area contributed by atoms with Gasteiger partial charge >= 0.3 is 151 Å². The molecule has 0 saturated heterocycles. The molecular formula is C52H66Cl2Zr-2. The molecule has 0 spiro atoms. The molecule has 0 unspecified atom stereocenters. The fourth-order valence-electron chi connectivity index (χ4n) is 6.92. The molecule has 5 aromatic rings. The van der Waals surface area contributed by atoms with Crippen LogP contribution in [0.15, 0.2) is 91.0 Å². The number of benzene rings is 4. The van der Waals surface area contributed by atoms with Gasteiger partial charge in [-0.3, -0.25) is 0 Å². The van der Waals surface area contributed by atoms with Crippen LogP contribution in [0, 0.1) is 19.9 Å². The van der Waals surface area contributed by atoms with E-state index in [9.17, 15) is 0 Å². The molecule has 3 heteroatoms. The molecule has 6 rings (SSSR count). The summed E-state index contributed by atoms with van der Waals surface area (Å²) >= 11 is 1.46. The van der Waals surface area contributed by atoms with Crippen LogP contribution < -0.4 is 24.8 Å². The molecule has 0 N–H and O–H groups in total. The first-order chi connectivity index (χ1) is 24.4. The summed E-state index contributed by atoms with van der Waals surface area (Å²) in [4.78, 5) is 0. The average molecular weight is 853 g/mol. The molecule has 0 saturated carbocycles. The van der Waals surface area contributed by atoms with Crippen LogP contribution in [0.25, 0.3) is 11.1 Å². The predicted molar refractivity (Wildman–Crippen MR) is 230 cm³/mol. The summed E-state index contributed by atoms with van der Waals surface area (Å²) in [5.41, 5.74) is 18.9. The van der Waals surface area contributed by atoms with E-state index in [-0.39, 0.29) is 46.5 Å². The van der Waals surface area contributed by atoms with Crippen molar-refractivity contribution in [2.24, 2.45) is 0 Å². The number of rotatable bonds is 3. The first-order valence-corrected chi connectivity index (χ1v) is 20.8. The van der Waals surface area contributed by atoms with Crippen molar-refractivity contribution in [3.05, 3.63) is 158 Å². The molecule has 0 amide bonds. The average Bonchev–Trinajstić information content (AvgIpc) is 3.61. The maximum atomic E-state index is 3.67.